The maximum absolute atomic E-state index is 12.2. The van der Waals surface area contributed by atoms with E-state index < -0.39 is 18.6 Å². The molecule has 2 nitrogen and oxygen atoms in total. The largest absolute Gasteiger partial charge is 0.507 e. The molecule has 0 heterocycles. The molecule has 0 amide bonds. The third-order valence-electron chi connectivity index (χ3n) is 3.07. The number of aromatic hydroxyl groups is 1. The van der Waals surface area contributed by atoms with Crippen molar-refractivity contribution < 1.29 is 18.3 Å². The third-order valence-corrected chi connectivity index (χ3v) is 3.07. The Bertz CT molecular complexity index is 580. The van der Waals surface area contributed by atoms with Gasteiger partial charge in [-0.05, 0) is 23.4 Å². The van der Waals surface area contributed by atoms with Crippen LogP contribution in [0.1, 0.15) is 24.4 Å². The minimum atomic E-state index is -4.20. The second kappa shape index (κ2) is 5.09. The van der Waals surface area contributed by atoms with E-state index in [-0.39, 0.29) is 12.2 Å². The Hall–Kier alpha value is -1.75. The summed E-state index contributed by atoms with van der Waals surface area (Å²) < 4.78 is 36.6. The number of phenolic OH excluding ortho intramolecular Hbond substituents is 1. The van der Waals surface area contributed by atoms with Gasteiger partial charge in [-0.15, -0.1) is 0 Å². The Morgan fingerprint density at radius 3 is 2.32 bits per heavy atom. The maximum Gasteiger partial charge on any atom is 0.389 e. The number of benzene rings is 2. The minimum absolute atomic E-state index is 0.0994. The van der Waals surface area contributed by atoms with Gasteiger partial charge in [-0.25, -0.2) is 0 Å². The highest BCUT2D eigenvalue weighted by Gasteiger charge is 2.28. The second-order valence-corrected chi connectivity index (χ2v) is 4.48. The van der Waals surface area contributed by atoms with E-state index in [0.29, 0.717) is 16.3 Å². The summed E-state index contributed by atoms with van der Waals surface area (Å²) in [6.07, 6.45) is -5.29. The highest BCUT2D eigenvalue weighted by Crippen LogP contribution is 2.33. The zero-order valence-corrected chi connectivity index (χ0v) is 10.1. The topological polar surface area (TPSA) is 46.2 Å². The molecule has 0 fully saturated rings. The van der Waals surface area contributed by atoms with Gasteiger partial charge in [0.2, 0.25) is 0 Å². The summed E-state index contributed by atoms with van der Waals surface area (Å²) in [6, 6.07) is 9.33. The molecule has 0 aliphatic carbocycles. The van der Waals surface area contributed by atoms with Gasteiger partial charge in [0.05, 0.1) is 0 Å². The summed E-state index contributed by atoms with van der Waals surface area (Å²) in [5.41, 5.74) is 6.46. The van der Waals surface area contributed by atoms with Crippen molar-refractivity contribution in [2.75, 3.05) is 0 Å². The lowest BCUT2D eigenvalue weighted by atomic mass is 9.96. The van der Waals surface area contributed by atoms with E-state index >= 15 is 0 Å². The number of rotatable bonds is 3. The first kappa shape index (κ1) is 13.7. The normalized spacial score (nSPS) is 13.7. The quantitative estimate of drug-likeness (QED) is 0.888. The second-order valence-electron chi connectivity index (χ2n) is 4.48. The Balaban J connectivity index is 2.32. The number of nitrogens with two attached hydrogens (primary N) is 1. The van der Waals surface area contributed by atoms with Gasteiger partial charge in [-0.1, -0.05) is 30.3 Å². The standard InChI is InChI=1S/C14H14F3NO/c15-14(16,17)8-7-12(18)10-5-6-13(19)11-4-2-1-3-9(10)11/h1-6,12,19H,7-8,18H2/t12-/m0/s1. The molecule has 3 N–H and O–H groups in total. The summed E-state index contributed by atoms with van der Waals surface area (Å²) in [7, 11) is 0. The molecule has 2 rings (SSSR count). The van der Waals surface area contributed by atoms with Crippen molar-refractivity contribution in [1.29, 1.82) is 0 Å². The Kier molecular flexibility index (Phi) is 3.66. The first-order valence-corrected chi connectivity index (χ1v) is 5.91. The van der Waals surface area contributed by atoms with E-state index in [1.807, 2.05) is 0 Å². The summed E-state index contributed by atoms with van der Waals surface area (Å²) in [5, 5.41) is 11.0. The SMILES string of the molecule is N[C@@H](CCC(F)(F)F)c1ccc(O)c2ccccc12. The average Bonchev–Trinajstić information content (AvgIpc) is 2.36. The molecule has 2 aromatic carbocycles. The van der Waals surface area contributed by atoms with E-state index in [4.69, 9.17) is 5.73 Å². The van der Waals surface area contributed by atoms with Gasteiger partial charge in [0.1, 0.15) is 5.75 Å². The fraction of sp³-hybridized carbons (Fsp3) is 0.286. The lowest BCUT2D eigenvalue weighted by molar-refractivity contribution is -0.136. The highest BCUT2D eigenvalue weighted by molar-refractivity contribution is 5.91. The van der Waals surface area contributed by atoms with Gasteiger partial charge in [-0.2, -0.15) is 13.2 Å². The predicted octanol–water partition coefficient (Wildman–Crippen LogP) is 3.89. The first-order chi connectivity index (χ1) is 8.88. The van der Waals surface area contributed by atoms with Gasteiger partial charge >= 0.3 is 6.18 Å². The molecular weight excluding hydrogens is 255 g/mol. The van der Waals surface area contributed by atoms with Crippen LogP contribution in [-0.4, -0.2) is 11.3 Å². The van der Waals surface area contributed by atoms with Crippen LogP contribution in [0.4, 0.5) is 13.2 Å². The molecule has 102 valence electrons. The van der Waals surface area contributed by atoms with Crippen LogP contribution in [0, 0.1) is 0 Å². The predicted molar refractivity (Wildman–Crippen MR) is 67.8 cm³/mol. The smallest absolute Gasteiger partial charge is 0.389 e. The summed E-state index contributed by atoms with van der Waals surface area (Å²) >= 11 is 0. The van der Waals surface area contributed by atoms with E-state index in [2.05, 4.69) is 0 Å². The third kappa shape index (κ3) is 3.17. The summed E-state index contributed by atoms with van der Waals surface area (Å²) in [4.78, 5) is 0. The first-order valence-electron chi connectivity index (χ1n) is 5.91. The highest BCUT2D eigenvalue weighted by atomic mass is 19.4. The van der Waals surface area contributed by atoms with Crippen molar-refractivity contribution in [2.45, 2.75) is 25.1 Å². The molecule has 1 atom stereocenters. The van der Waals surface area contributed by atoms with E-state index in [9.17, 15) is 18.3 Å². The maximum atomic E-state index is 12.2. The molecule has 0 aliphatic heterocycles. The van der Waals surface area contributed by atoms with Crippen LogP contribution in [0.5, 0.6) is 5.75 Å². The summed E-state index contributed by atoms with van der Waals surface area (Å²) in [6.45, 7) is 0. The molecule has 2 aromatic rings. The molecule has 0 bridgehead atoms. The van der Waals surface area contributed by atoms with Crippen LogP contribution in [0.3, 0.4) is 0 Å². The number of fused-ring (bicyclic) bond motifs is 1. The van der Waals surface area contributed by atoms with Gasteiger partial charge in [0.25, 0.3) is 0 Å². The van der Waals surface area contributed by atoms with Crippen LogP contribution in [0.15, 0.2) is 36.4 Å². The number of phenols is 1. The number of hydrogen-bond acceptors (Lipinski definition) is 2. The Labute approximate surface area is 108 Å². The van der Waals surface area contributed by atoms with Crippen molar-refractivity contribution in [1.82, 2.24) is 0 Å². The lowest BCUT2D eigenvalue weighted by Crippen LogP contribution is -2.16. The molecule has 5 heteroatoms. The minimum Gasteiger partial charge on any atom is -0.507 e. The van der Waals surface area contributed by atoms with Crippen LogP contribution in [0.2, 0.25) is 0 Å². The fourth-order valence-electron chi connectivity index (χ4n) is 2.10. The van der Waals surface area contributed by atoms with Crippen molar-refractivity contribution in [3.05, 3.63) is 42.0 Å². The number of halogens is 3. The van der Waals surface area contributed by atoms with Gasteiger partial charge < -0.3 is 10.8 Å². The van der Waals surface area contributed by atoms with Crippen LogP contribution >= 0.6 is 0 Å². The van der Waals surface area contributed by atoms with Crippen LogP contribution in [-0.2, 0) is 0 Å². The average molecular weight is 269 g/mol. The zero-order valence-electron chi connectivity index (χ0n) is 10.1. The van der Waals surface area contributed by atoms with Crippen molar-refractivity contribution in [3.8, 4) is 5.75 Å². The molecule has 0 saturated carbocycles. The molecule has 0 unspecified atom stereocenters. The molecule has 0 aromatic heterocycles. The van der Waals surface area contributed by atoms with Crippen LogP contribution < -0.4 is 5.73 Å². The summed E-state index contributed by atoms with van der Waals surface area (Å²) in [5.74, 6) is 0.0994. The van der Waals surface area contributed by atoms with Crippen molar-refractivity contribution in [2.24, 2.45) is 5.73 Å². The molecular formula is C14H14F3NO. The Morgan fingerprint density at radius 1 is 1.05 bits per heavy atom. The van der Waals surface area contributed by atoms with Crippen molar-refractivity contribution in [3.63, 3.8) is 0 Å². The molecule has 0 radical (unpaired) electrons. The van der Waals surface area contributed by atoms with Crippen molar-refractivity contribution >= 4 is 10.8 Å². The number of alkyl halides is 3. The van der Waals surface area contributed by atoms with E-state index in [1.165, 1.54) is 6.07 Å². The fourth-order valence-corrected chi connectivity index (χ4v) is 2.10. The lowest BCUT2D eigenvalue weighted by Gasteiger charge is -2.16. The van der Waals surface area contributed by atoms with Gasteiger partial charge in [0.15, 0.2) is 0 Å². The zero-order chi connectivity index (χ0) is 14.0. The van der Waals surface area contributed by atoms with E-state index in [1.54, 1.807) is 30.3 Å². The molecule has 0 aliphatic rings. The molecule has 0 spiro atoms. The van der Waals surface area contributed by atoms with Crippen LogP contribution in [0.25, 0.3) is 10.8 Å². The molecule has 19 heavy (non-hydrogen) atoms. The Morgan fingerprint density at radius 2 is 1.68 bits per heavy atom. The monoisotopic (exact) mass is 269 g/mol. The van der Waals surface area contributed by atoms with E-state index in [0.717, 1.165) is 0 Å². The molecule has 0 saturated heterocycles. The van der Waals surface area contributed by atoms with Gasteiger partial charge in [0, 0.05) is 17.8 Å². The number of hydrogen-bond donors (Lipinski definition) is 2. The van der Waals surface area contributed by atoms with Gasteiger partial charge in [-0.3, -0.25) is 0 Å².